The molecule has 0 bridgehead atoms. The Labute approximate surface area is 145 Å². The molecule has 0 unspecified atom stereocenters. The van der Waals surface area contributed by atoms with Gasteiger partial charge in [0.05, 0.1) is 18.4 Å². The average Bonchev–Trinajstić information content (AvgIpc) is 3.08. The summed E-state index contributed by atoms with van der Waals surface area (Å²) in [5.74, 6) is 1.29. The second-order valence-corrected chi connectivity index (χ2v) is 5.51. The van der Waals surface area contributed by atoms with Crippen molar-refractivity contribution in [3.05, 3.63) is 65.5 Å². The lowest BCUT2D eigenvalue weighted by Gasteiger charge is -2.10. The molecule has 3 aromatic rings. The van der Waals surface area contributed by atoms with Crippen molar-refractivity contribution in [3.8, 4) is 11.4 Å². The van der Waals surface area contributed by atoms with Gasteiger partial charge >= 0.3 is 0 Å². The van der Waals surface area contributed by atoms with Gasteiger partial charge in [-0.2, -0.15) is 4.68 Å². The number of carbonyl (C=O) groups excluding carboxylic acids is 1. The molecule has 0 saturated heterocycles. The van der Waals surface area contributed by atoms with E-state index in [0.717, 1.165) is 17.7 Å². The first kappa shape index (κ1) is 16.6. The number of methoxy groups -OCH3 is 1. The molecule has 0 aliphatic heterocycles. The first-order valence-corrected chi connectivity index (χ1v) is 7.94. The number of amides is 1. The maximum Gasteiger partial charge on any atom is 0.253 e. The Morgan fingerprint density at radius 1 is 1.16 bits per heavy atom. The smallest absolute Gasteiger partial charge is 0.253 e. The van der Waals surface area contributed by atoms with Gasteiger partial charge in [-0.3, -0.25) is 4.79 Å². The highest BCUT2D eigenvalue weighted by molar-refractivity contribution is 5.97. The Bertz CT molecular complexity index is 858. The molecule has 2 aromatic carbocycles. The first-order valence-electron chi connectivity index (χ1n) is 7.94. The number of para-hydroxylation sites is 1. The molecule has 1 heterocycles. The molecule has 25 heavy (non-hydrogen) atoms. The summed E-state index contributed by atoms with van der Waals surface area (Å²) < 4.78 is 6.69. The van der Waals surface area contributed by atoms with Crippen LogP contribution in [0.3, 0.4) is 0 Å². The van der Waals surface area contributed by atoms with Crippen LogP contribution in [0.25, 0.3) is 5.69 Å². The Hall–Kier alpha value is -3.22. The molecular weight excluding hydrogens is 318 g/mol. The molecule has 0 saturated carbocycles. The summed E-state index contributed by atoms with van der Waals surface area (Å²) in [4.78, 5) is 12.5. The van der Waals surface area contributed by atoms with E-state index < -0.39 is 0 Å². The number of hydrogen-bond acceptors (Lipinski definition) is 5. The van der Waals surface area contributed by atoms with Crippen molar-refractivity contribution >= 4 is 5.91 Å². The van der Waals surface area contributed by atoms with E-state index in [2.05, 4.69) is 20.8 Å². The average molecular weight is 337 g/mol. The van der Waals surface area contributed by atoms with Crippen LogP contribution in [0.1, 0.15) is 21.7 Å². The Morgan fingerprint density at radius 2 is 1.92 bits per heavy atom. The number of nitrogens with zero attached hydrogens (tertiary/aromatic N) is 4. The fourth-order valence-corrected chi connectivity index (χ4v) is 2.51. The largest absolute Gasteiger partial charge is 0.497 e. The highest BCUT2D eigenvalue weighted by atomic mass is 16.5. The zero-order chi connectivity index (χ0) is 17.6. The summed E-state index contributed by atoms with van der Waals surface area (Å²) in [5.41, 5.74) is 2.32. The van der Waals surface area contributed by atoms with Gasteiger partial charge in [-0.05, 0) is 53.6 Å². The summed E-state index contributed by atoms with van der Waals surface area (Å²) in [5, 5.41) is 14.4. The lowest BCUT2D eigenvalue weighted by atomic mass is 10.1. The van der Waals surface area contributed by atoms with Crippen molar-refractivity contribution in [1.82, 2.24) is 25.5 Å². The van der Waals surface area contributed by atoms with E-state index in [1.807, 2.05) is 42.5 Å². The molecule has 1 amide bonds. The fourth-order valence-electron chi connectivity index (χ4n) is 2.51. The van der Waals surface area contributed by atoms with Crippen LogP contribution in [0.2, 0.25) is 0 Å². The van der Waals surface area contributed by atoms with E-state index >= 15 is 0 Å². The van der Waals surface area contributed by atoms with Crippen molar-refractivity contribution in [2.24, 2.45) is 0 Å². The minimum atomic E-state index is -0.154. The van der Waals surface area contributed by atoms with E-state index in [1.165, 1.54) is 0 Å². The van der Waals surface area contributed by atoms with Gasteiger partial charge in [0.2, 0.25) is 0 Å². The number of benzene rings is 2. The third-order valence-corrected chi connectivity index (χ3v) is 3.86. The number of nitrogens with one attached hydrogen (secondary N) is 1. The van der Waals surface area contributed by atoms with Gasteiger partial charge in [-0.25, -0.2) is 0 Å². The van der Waals surface area contributed by atoms with Crippen LogP contribution in [0.15, 0.2) is 48.5 Å². The molecule has 0 fully saturated rings. The summed E-state index contributed by atoms with van der Waals surface area (Å²) >= 11 is 0. The lowest BCUT2D eigenvalue weighted by Crippen LogP contribution is -2.27. The van der Waals surface area contributed by atoms with Gasteiger partial charge < -0.3 is 10.1 Å². The first-order chi connectivity index (χ1) is 12.2. The van der Waals surface area contributed by atoms with E-state index in [-0.39, 0.29) is 5.91 Å². The maximum atomic E-state index is 12.5. The number of aryl methyl sites for hydroxylation is 1. The van der Waals surface area contributed by atoms with Crippen molar-refractivity contribution in [2.45, 2.75) is 13.3 Å². The van der Waals surface area contributed by atoms with Gasteiger partial charge in [-0.15, -0.1) is 5.10 Å². The number of hydrogen-bond donors (Lipinski definition) is 1. The van der Waals surface area contributed by atoms with Crippen LogP contribution in [0, 0.1) is 6.92 Å². The Morgan fingerprint density at radius 3 is 2.60 bits per heavy atom. The highest BCUT2D eigenvalue weighted by Gasteiger charge is 2.14. The fraction of sp³-hybridized carbons (Fsp3) is 0.222. The second-order valence-electron chi connectivity index (χ2n) is 5.51. The molecule has 7 heteroatoms. The summed E-state index contributed by atoms with van der Waals surface area (Å²) in [7, 11) is 1.64. The molecule has 3 rings (SSSR count). The Kier molecular flexibility index (Phi) is 5.03. The minimum Gasteiger partial charge on any atom is -0.497 e. The monoisotopic (exact) mass is 337 g/mol. The normalized spacial score (nSPS) is 10.5. The minimum absolute atomic E-state index is 0.154. The molecule has 0 aliphatic carbocycles. The summed E-state index contributed by atoms with van der Waals surface area (Å²) in [6, 6.07) is 15.1. The second kappa shape index (κ2) is 7.57. The Balaban J connectivity index is 1.66. The summed E-state index contributed by atoms with van der Waals surface area (Å²) in [6.07, 6.45) is 0.738. The SMILES string of the molecule is COc1ccc(CCNC(=O)c2ccccc2-n2nnnc2C)cc1. The van der Waals surface area contributed by atoms with Crippen LogP contribution >= 0.6 is 0 Å². The van der Waals surface area contributed by atoms with E-state index in [1.54, 1.807) is 24.8 Å². The van der Waals surface area contributed by atoms with Gasteiger partial charge in [-0.1, -0.05) is 24.3 Å². The lowest BCUT2D eigenvalue weighted by molar-refractivity contribution is 0.0954. The topological polar surface area (TPSA) is 81.9 Å². The number of carbonyl (C=O) groups is 1. The van der Waals surface area contributed by atoms with Crippen molar-refractivity contribution in [1.29, 1.82) is 0 Å². The maximum absolute atomic E-state index is 12.5. The molecular formula is C18H19N5O2. The highest BCUT2D eigenvalue weighted by Crippen LogP contribution is 2.15. The van der Waals surface area contributed by atoms with Gasteiger partial charge in [0.15, 0.2) is 5.82 Å². The molecule has 0 spiro atoms. The molecule has 1 aromatic heterocycles. The van der Waals surface area contributed by atoms with Crippen molar-refractivity contribution in [2.75, 3.05) is 13.7 Å². The van der Waals surface area contributed by atoms with Gasteiger partial charge in [0.1, 0.15) is 5.75 Å². The molecule has 128 valence electrons. The number of rotatable bonds is 6. The van der Waals surface area contributed by atoms with Crippen LogP contribution in [-0.2, 0) is 6.42 Å². The van der Waals surface area contributed by atoms with Crippen LogP contribution < -0.4 is 10.1 Å². The van der Waals surface area contributed by atoms with Crippen LogP contribution in [0.5, 0.6) is 5.75 Å². The number of aromatic nitrogens is 4. The van der Waals surface area contributed by atoms with E-state index in [9.17, 15) is 4.79 Å². The van der Waals surface area contributed by atoms with E-state index in [4.69, 9.17) is 4.74 Å². The van der Waals surface area contributed by atoms with Crippen LogP contribution in [0.4, 0.5) is 0 Å². The summed E-state index contributed by atoms with van der Waals surface area (Å²) in [6.45, 7) is 2.33. The standard InChI is InChI=1S/C18H19N5O2/c1-13-20-21-22-23(13)17-6-4-3-5-16(17)18(24)19-12-11-14-7-9-15(25-2)10-8-14/h3-10H,11-12H2,1-2H3,(H,19,24). The zero-order valence-corrected chi connectivity index (χ0v) is 14.1. The number of tetrazole rings is 1. The third kappa shape index (κ3) is 3.82. The van der Waals surface area contributed by atoms with Crippen molar-refractivity contribution in [3.63, 3.8) is 0 Å². The zero-order valence-electron chi connectivity index (χ0n) is 14.1. The molecule has 7 nitrogen and oxygen atoms in total. The number of ether oxygens (including phenoxy) is 1. The predicted molar refractivity (Wildman–Crippen MR) is 92.9 cm³/mol. The molecule has 0 atom stereocenters. The molecule has 0 aliphatic rings. The van der Waals surface area contributed by atoms with Crippen LogP contribution in [-0.4, -0.2) is 39.8 Å². The van der Waals surface area contributed by atoms with E-state index in [0.29, 0.717) is 23.6 Å². The van der Waals surface area contributed by atoms with Gasteiger partial charge in [0.25, 0.3) is 5.91 Å². The molecule has 1 N–H and O–H groups in total. The third-order valence-electron chi connectivity index (χ3n) is 3.86. The van der Waals surface area contributed by atoms with Crippen molar-refractivity contribution < 1.29 is 9.53 Å². The van der Waals surface area contributed by atoms with Gasteiger partial charge in [0, 0.05) is 6.54 Å². The quantitative estimate of drug-likeness (QED) is 0.743. The predicted octanol–water partition coefficient (Wildman–Crippen LogP) is 1.95. The molecule has 0 radical (unpaired) electrons.